The van der Waals surface area contributed by atoms with Gasteiger partial charge in [0.2, 0.25) is 0 Å². The van der Waals surface area contributed by atoms with Gasteiger partial charge in [-0.3, -0.25) is 4.98 Å². The summed E-state index contributed by atoms with van der Waals surface area (Å²) in [6, 6.07) is 5.52. The van der Waals surface area contributed by atoms with E-state index in [1.807, 2.05) is 0 Å². The average molecular weight is 350 g/mol. The van der Waals surface area contributed by atoms with Gasteiger partial charge in [-0.2, -0.15) is 13.2 Å². The van der Waals surface area contributed by atoms with Gasteiger partial charge in [0.05, 0.1) is 11.3 Å². The molecule has 1 atom stereocenters. The fraction of sp³-hybridized carbons (Fsp3) is 0.154. The van der Waals surface area contributed by atoms with Gasteiger partial charge < -0.3 is 5.11 Å². The smallest absolute Gasteiger partial charge is 0.382 e. The molecule has 0 aliphatic heterocycles. The van der Waals surface area contributed by atoms with E-state index in [0.717, 1.165) is 6.07 Å². The molecule has 1 N–H and O–H groups in total. The van der Waals surface area contributed by atoms with Gasteiger partial charge in [-0.15, -0.1) is 0 Å². The van der Waals surface area contributed by atoms with Crippen molar-refractivity contribution in [1.29, 1.82) is 0 Å². The Morgan fingerprint density at radius 3 is 2.45 bits per heavy atom. The minimum absolute atomic E-state index is 0.00472. The molecule has 0 bridgehead atoms. The van der Waals surface area contributed by atoms with Crippen molar-refractivity contribution in [3.8, 4) is 0 Å². The predicted octanol–water partition coefficient (Wildman–Crippen LogP) is 4.08. The number of nitrogens with zero attached hydrogens (tertiary/aromatic N) is 1. The molecule has 0 radical (unpaired) electrons. The molecule has 2 nitrogen and oxygen atoms in total. The molecule has 1 heterocycles. The van der Waals surface area contributed by atoms with Crippen LogP contribution >= 0.6 is 15.9 Å². The van der Waals surface area contributed by atoms with Gasteiger partial charge in [0.25, 0.3) is 0 Å². The van der Waals surface area contributed by atoms with Crippen molar-refractivity contribution in [3.63, 3.8) is 0 Å². The Morgan fingerprint density at radius 1 is 1.20 bits per heavy atom. The molecular weight excluding hydrogens is 342 g/mol. The first-order valence-electron chi connectivity index (χ1n) is 5.46. The van der Waals surface area contributed by atoms with Crippen LogP contribution in [-0.2, 0) is 6.18 Å². The highest BCUT2D eigenvalue weighted by Gasteiger charge is 2.34. The van der Waals surface area contributed by atoms with Gasteiger partial charge in [-0.05, 0) is 45.8 Å². The number of alkyl halides is 3. The van der Waals surface area contributed by atoms with Crippen LogP contribution < -0.4 is 0 Å². The van der Waals surface area contributed by atoms with E-state index < -0.39 is 23.7 Å². The molecule has 20 heavy (non-hydrogen) atoms. The summed E-state index contributed by atoms with van der Waals surface area (Å²) >= 11 is 3.16. The number of hydrogen-bond acceptors (Lipinski definition) is 2. The number of aliphatic hydroxyl groups excluding tert-OH is 1. The number of benzene rings is 1. The standard InChI is InChI=1S/C13H8BrF4NO/c14-9-2-1-5-19-11(9)12(20)7-3-4-8(10(15)6-7)13(16,17)18/h1-6,12,20H. The summed E-state index contributed by atoms with van der Waals surface area (Å²) in [4.78, 5) is 3.91. The summed E-state index contributed by atoms with van der Waals surface area (Å²) in [6.07, 6.45) is -4.66. The number of aliphatic hydroxyl groups is 1. The maximum Gasteiger partial charge on any atom is 0.419 e. The van der Waals surface area contributed by atoms with E-state index in [1.54, 1.807) is 12.1 Å². The summed E-state index contributed by atoms with van der Waals surface area (Å²) in [6.45, 7) is 0. The van der Waals surface area contributed by atoms with Crippen molar-refractivity contribution in [1.82, 2.24) is 4.98 Å². The van der Waals surface area contributed by atoms with Crippen LogP contribution in [0.5, 0.6) is 0 Å². The third-order valence-electron chi connectivity index (χ3n) is 2.66. The monoisotopic (exact) mass is 349 g/mol. The van der Waals surface area contributed by atoms with Gasteiger partial charge in [0.1, 0.15) is 11.9 Å². The Morgan fingerprint density at radius 2 is 1.90 bits per heavy atom. The first-order chi connectivity index (χ1) is 9.30. The Balaban J connectivity index is 2.40. The molecular formula is C13H8BrF4NO. The van der Waals surface area contributed by atoms with Crippen LogP contribution in [-0.4, -0.2) is 10.1 Å². The fourth-order valence-electron chi connectivity index (χ4n) is 1.69. The number of aromatic nitrogens is 1. The lowest BCUT2D eigenvalue weighted by Crippen LogP contribution is -2.10. The molecule has 0 saturated carbocycles. The van der Waals surface area contributed by atoms with Crippen molar-refractivity contribution in [3.05, 3.63) is 63.6 Å². The van der Waals surface area contributed by atoms with Crippen LogP contribution in [0, 0.1) is 5.82 Å². The number of pyridine rings is 1. The molecule has 1 aromatic heterocycles. The zero-order valence-corrected chi connectivity index (χ0v) is 11.4. The Hall–Kier alpha value is -1.47. The maximum atomic E-state index is 13.5. The zero-order valence-electron chi connectivity index (χ0n) is 9.83. The summed E-state index contributed by atoms with van der Waals surface area (Å²) < 4.78 is 51.3. The third kappa shape index (κ3) is 2.99. The average Bonchev–Trinajstić information content (AvgIpc) is 2.37. The lowest BCUT2D eigenvalue weighted by atomic mass is 10.0. The number of hydrogen-bond donors (Lipinski definition) is 1. The second-order valence-corrected chi connectivity index (χ2v) is 4.86. The quantitative estimate of drug-likeness (QED) is 0.828. The van der Waals surface area contributed by atoms with Crippen LogP contribution in [0.3, 0.4) is 0 Å². The highest BCUT2D eigenvalue weighted by atomic mass is 79.9. The van der Waals surface area contributed by atoms with E-state index in [4.69, 9.17) is 0 Å². The lowest BCUT2D eigenvalue weighted by Gasteiger charge is -2.14. The molecule has 2 aromatic rings. The predicted molar refractivity (Wildman–Crippen MR) is 67.4 cm³/mol. The second kappa shape index (κ2) is 5.49. The first-order valence-corrected chi connectivity index (χ1v) is 6.25. The minimum Gasteiger partial charge on any atom is -0.382 e. The molecule has 106 valence electrons. The van der Waals surface area contributed by atoms with E-state index in [-0.39, 0.29) is 11.3 Å². The third-order valence-corrected chi connectivity index (χ3v) is 3.33. The van der Waals surface area contributed by atoms with Crippen molar-refractivity contribution in [2.45, 2.75) is 12.3 Å². The van der Waals surface area contributed by atoms with Gasteiger partial charge in [-0.1, -0.05) is 6.07 Å². The van der Waals surface area contributed by atoms with E-state index in [0.29, 0.717) is 16.6 Å². The van der Waals surface area contributed by atoms with Crippen molar-refractivity contribution in [2.24, 2.45) is 0 Å². The topological polar surface area (TPSA) is 33.1 Å². The zero-order chi connectivity index (χ0) is 14.9. The first kappa shape index (κ1) is 14.9. The van der Waals surface area contributed by atoms with Crippen LogP contribution in [0.25, 0.3) is 0 Å². The van der Waals surface area contributed by atoms with Crippen LogP contribution in [0.1, 0.15) is 22.9 Å². The molecule has 1 aromatic carbocycles. The summed E-state index contributed by atoms with van der Waals surface area (Å²) in [5.41, 5.74) is -1.17. The molecule has 0 amide bonds. The highest BCUT2D eigenvalue weighted by Crippen LogP contribution is 2.34. The molecule has 1 unspecified atom stereocenters. The van der Waals surface area contributed by atoms with E-state index in [9.17, 15) is 22.7 Å². The summed E-state index contributed by atoms with van der Waals surface area (Å²) in [5, 5.41) is 10.1. The Kier molecular flexibility index (Phi) is 4.10. The summed E-state index contributed by atoms with van der Waals surface area (Å²) in [7, 11) is 0. The lowest BCUT2D eigenvalue weighted by molar-refractivity contribution is -0.140. The molecule has 7 heteroatoms. The Bertz CT molecular complexity index is 630. The van der Waals surface area contributed by atoms with E-state index >= 15 is 0 Å². The molecule has 0 aliphatic rings. The van der Waals surface area contributed by atoms with E-state index in [2.05, 4.69) is 20.9 Å². The Labute approximate surface area is 120 Å². The summed E-state index contributed by atoms with van der Waals surface area (Å²) in [5.74, 6) is -1.43. The highest BCUT2D eigenvalue weighted by molar-refractivity contribution is 9.10. The molecule has 0 fully saturated rings. The van der Waals surface area contributed by atoms with Gasteiger partial charge in [-0.25, -0.2) is 4.39 Å². The van der Waals surface area contributed by atoms with Crippen LogP contribution in [0.4, 0.5) is 17.6 Å². The van der Waals surface area contributed by atoms with Crippen LogP contribution in [0.2, 0.25) is 0 Å². The molecule has 0 saturated heterocycles. The number of rotatable bonds is 2. The molecule has 0 aliphatic carbocycles. The van der Waals surface area contributed by atoms with E-state index in [1.165, 1.54) is 6.20 Å². The second-order valence-electron chi connectivity index (χ2n) is 4.01. The SMILES string of the molecule is OC(c1ccc(C(F)(F)F)c(F)c1)c1ncccc1Br. The fourth-order valence-corrected chi connectivity index (χ4v) is 2.16. The minimum atomic E-state index is -4.76. The van der Waals surface area contributed by atoms with Gasteiger partial charge in [0.15, 0.2) is 0 Å². The normalized spacial score (nSPS) is 13.3. The number of halogens is 5. The van der Waals surface area contributed by atoms with Crippen molar-refractivity contribution >= 4 is 15.9 Å². The van der Waals surface area contributed by atoms with Crippen molar-refractivity contribution in [2.75, 3.05) is 0 Å². The van der Waals surface area contributed by atoms with Gasteiger partial charge in [0, 0.05) is 10.7 Å². The van der Waals surface area contributed by atoms with Crippen LogP contribution in [0.15, 0.2) is 41.0 Å². The molecule has 0 spiro atoms. The molecule has 2 rings (SSSR count). The van der Waals surface area contributed by atoms with Crippen molar-refractivity contribution < 1.29 is 22.7 Å². The largest absolute Gasteiger partial charge is 0.419 e. The maximum absolute atomic E-state index is 13.5. The van der Waals surface area contributed by atoms with Gasteiger partial charge >= 0.3 is 6.18 Å².